The van der Waals surface area contributed by atoms with Crippen molar-refractivity contribution in [3.8, 4) is 0 Å². The highest BCUT2D eigenvalue weighted by molar-refractivity contribution is 6.31. The number of carbonyl (C=O) groups is 2. The summed E-state index contributed by atoms with van der Waals surface area (Å²) in [6.45, 7) is 0.853. The summed E-state index contributed by atoms with van der Waals surface area (Å²) < 4.78 is 41.9. The summed E-state index contributed by atoms with van der Waals surface area (Å²) in [5.41, 5.74) is 0.817. The van der Waals surface area contributed by atoms with Gasteiger partial charge in [0.15, 0.2) is 11.7 Å². The maximum absolute atomic E-state index is 14.9. The Labute approximate surface area is 200 Å². The van der Waals surface area contributed by atoms with Gasteiger partial charge in [0.05, 0.1) is 5.52 Å². The Bertz CT molecular complexity index is 1120. The van der Waals surface area contributed by atoms with Crippen LogP contribution in [0.3, 0.4) is 0 Å². The second-order valence-electron chi connectivity index (χ2n) is 8.37. The molecule has 2 aromatic rings. The number of nitrogens with zero attached hydrogens (tertiary/aromatic N) is 4. The zero-order valence-corrected chi connectivity index (χ0v) is 19.3. The van der Waals surface area contributed by atoms with E-state index in [1.165, 1.54) is 11.0 Å². The molecule has 0 bridgehead atoms. The second-order valence-corrected chi connectivity index (χ2v) is 8.81. The van der Waals surface area contributed by atoms with Crippen LogP contribution in [-0.4, -0.2) is 59.4 Å². The van der Waals surface area contributed by atoms with Crippen LogP contribution in [0.25, 0.3) is 10.9 Å². The third-order valence-electron chi connectivity index (χ3n) is 6.09. The number of alkyl halides is 2. The zero-order valence-electron chi connectivity index (χ0n) is 18.5. The summed E-state index contributed by atoms with van der Waals surface area (Å²) in [4.78, 5) is 36.1. The van der Waals surface area contributed by atoms with Crippen LogP contribution in [0.4, 0.5) is 19.0 Å². The van der Waals surface area contributed by atoms with Gasteiger partial charge in [0.2, 0.25) is 5.91 Å². The van der Waals surface area contributed by atoms with Crippen LogP contribution in [0.2, 0.25) is 5.02 Å². The molecule has 1 N–H and O–H groups in total. The van der Waals surface area contributed by atoms with Gasteiger partial charge in [-0.15, -0.1) is 0 Å². The van der Waals surface area contributed by atoms with E-state index in [2.05, 4.69) is 15.3 Å². The van der Waals surface area contributed by atoms with Gasteiger partial charge in [-0.05, 0) is 49.5 Å². The van der Waals surface area contributed by atoms with Crippen LogP contribution in [0.15, 0.2) is 29.6 Å². The first-order chi connectivity index (χ1) is 16.3. The summed E-state index contributed by atoms with van der Waals surface area (Å²) in [5.74, 6) is -2.18. The van der Waals surface area contributed by atoms with E-state index in [0.717, 1.165) is 12.8 Å². The van der Waals surface area contributed by atoms with Crippen molar-refractivity contribution >= 4 is 40.1 Å². The molecule has 2 heterocycles. The molecule has 0 unspecified atom stereocenters. The molecule has 1 saturated carbocycles. The number of hydrogen-bond acceptors (Lipinski definition) is 5. The van der Waals surface area contributed by atoms with Crippen molar-refractivity contribution in [3.05, 3.63) is 40.4 Å². The third-order valence-corrected chi connectivity index (χ3v) is 6.33. The van der Waals surface area contributed by atoms with Gasteiger partial charge in [0.25, 0.3) is 12.3 Å². The first-order valence-electron chi connectivity index (χ1n) is 11.3. The lowest BCUT2D eigenvalue weighted by molar-refractivity contribution is -0.129. The number of rotatable bonds is 3. The monoisotopic (exact) mass is 495 g/mol. The first kappa shape index (κ1) is 24.3. The standard InChI is InChI=1S/C23H25ClF3N5O2/c24-15-5-6-17-16(13-15)22(30-21(29-17)20(26)27)31-10-8-28-18(33)7-9-32(12-11-31)23(34)19(25)14-3-1-2-4-14/h5-6,13,20H,1-4,7-12H2,(H,28,33). The predicted octanol–water partition coefficient (Wildman–Crippen LogP) is 4.17. The minimum absolute atomic E-state index is 0.0515. The number of benzene rings is 1. The van der Waals surface area contributed by atoms with Gasteiger partial charge in [0.1, 0.15) is 5.82 Å². The normalized spacial score (nSPS) is 17.9. The molecule has 1 aliphatic carbocycles. The van der Waals surface area contributed by atoms with E-state index in [4.69, 9.17) is 11.6 Å². The van der Waals surface area contributed by atoms with Crippen molar-refractivity contribution in [3.63, 3.8) is 0 Å². The fourth-order valence-corrected chi connectivity index (χ4v) is 4.46. The number of carbonyl (C=O) groups excluding carboxylic acids is 2. The lowest BCUT2D eigenvalue weighted by atomic mass is 10.2. The van der Waals surface area contributed by atoms with Gasteiger partial charge in [0, 0.05) is 49.6 Å². The Hall–Kier alpha value is -2.88. The minimum atomic E-state index is -2.88. The molecule has 2 aliphatic rings. The fourth-order valence-electron chi connectivity index (χ4n) is 4.29. The van der Waals surface area contributed by atoms with Crippen molar-refractivity contribution in [1.82, 2.24) is 20.2 Å². The number of allylic oxidation sites excluding steroid dienone is 1. The van der Waals surface area contributed by atoms with E-state index in [1.54, 1.807) is 17.0 Å². The lowest BCUT2D eigenvalue weighted by Crippen LogP contribution is -2.45. The topological polar surface area (TPSA) is 78.4 Å². The molecule has 11 heteroatoms. The van der Waals surface area contributed by atoms with Crippen LogP contribution >= 0.6 is 11.6 Å². The lowest BCUT2D eigenvalue weighted by Gasteiger charge is -2.31. The van der Waals surface area contributed by atoms with Crippen LogP contribution in [-0.2, 0) is 9.59 Å². The van der Waals surface area contributed by atoms with Gasteiger partial charge in [-0.3, -0.25) is 9.59 Å². The number of nitrogens with one attached hydrogen (secondary N) is 1. The molecule has 0 spiro atoms. The average molecular weight is 496 g/mol. The highest BCUT2D eigenvalue weighted by atomic mass is 35.5. The number of hydrogen-bond donors (Lipinski definition) is 1. The Kier molecular flexibility index (Phi) is 7.55. The average Bonchev–Trinajstić information content (AvgIpc) is 3.36. The van der Waals surface area contributed by atoms with E-state index in [0.29, 0.717) is 34.3 Å². The van der Waals surface area contributed by atoms with Crippen molar-refractivity contribution in [2.45, 2.75) is 38.5 Å². The van der Waals surface area contributed by atoms with Crippen molar-refractivity contribution < 1.29 is 22.8 Å². The highest BCUT2D eigenvalue weighted by Gasteiger charge is 2.26. The van der Waals surface area contributed by atoms with E-state index < -0.39 is 24.0 Å². The number of amides is 2. The Morgan fingerprint density at radius 2 is 1.82 bits per heavy atom. The van der Waals surface area contributed by atoms with Crippen molar-refractivity contribution in [1.29, 1.82) is 0 Å². The number of anilines is 1. The SMILES string of the molecule is O=C1CCN(C(=O)C(F)=C2CCCC2)CCN(c2nc(C(F)F)nc3ccc(Cl)cc23)CCN1. The molecule has 2 amide bonds. The number of halogens is 4. The summed E-state index contributed by atoms with van der Waals surface area (Å²) in [6, 6.07) is 4.68. The van der Waals surface area contributed by atoms with Gasteiger partial charge in [-0.25, -0.2) is 23.1 Å². The molecule has 7 nitrogen and oxygen atoms in total. The highest BCUT2D eigenvalue weighted by Crippen LogP contribution is 2.30. The molecule has 1 aromatic heterocycles. The van der Waals surface area contributed by atoms with Gasteiger partial charge in [-0.2, -0.15) is 0 Å². The summed E-state index contributed by atoms with van der Waals surface area (Å²) in [5, 5.41) is 3.61. The summed E-state index contributed by atoms with van der Waals surface area (Å²) >= 11 is 6.14. The third kappa shape index (κ3) is 5.43. The van der Waals surface area contributed by atoms with Crippen LogP contribution < -0.4 is 10.2 Å². The smallest absolute Gasteiger partial charge is 0.297 e. The van der Waals surface area contributed by atoms with E-state index in [9.17, 15) is 22.8 Å². The van der Waals surface area contributed by atoms with Crippen LogP contribution in [0, 0.1) is 0 Å². The van der Waals surface area contributed by atoms with Crippen molar-refractivity contribution in [2.75, 3.05) is 37.6 Å². The number of aromatic nitrogens is 2. The maximum Gasteiger partial charge on any atom is 0.297 e. The molecular formula is C23H25ClF3N5O2. The second kappa shape index (κ2) is 10.6. The Morgan fingerprint density at radius 3 is 2.56 bits per heavy atom. The van der Waals surface area contributed by atoms with E-state index >= 15 is 0 Å². The Morgan fingerprint density at radius 1 is 1.06 bits per heavy atom. The molecule has 1 saturated heterocycles. The fraction of sp³-hybridized carbons (Fsp3) is 0.478. The number of fused-ring (bicyclic) bond motifs is 1. The quantitative estimate of drug-likeness (QED) is 0.646. The van der Waals surface area contributed by atoms with E-state index in [-0.39, 0.29) is 50.9 Å². The zero-order chi connectivity index (χ0) is 24.2. The largest absolute Gasteiger partial charge is 0.354 e. The Balaban J connectivity index is 1.67. The van der Waals surface area contributed by atoms with Gasteiger partial charge >= 0.3 is 0 Å². The minimum Gasteiger partial charge on any atom is -0.354 e. The molecule has 1 aromatic carbocycles. The van der Waals surface area contributed by atoms with Crippen LogP contribution in [0.1, 0.15) is 44.4 Å². The van der Waals surface area contributed by atoms with Crippen molar-refractivity contribution in [2.24, 2.45) is 0 Å². The maximum atomic E-state index is 14.9. The molecule has 182 valence electrons. The van der Waals surface area contributed by atoms with E-state index in [1.807, 2.05) is 0 Å². The summed E-state index contributed by atoms with van der Waals surface area (Å²) in [6.07, 6.45) is -0.0194. The van der Waals surface area contributed by atoms with Gasteiger partial charge < -0.3 is 15.1 Å². The molecule has 34 heavy (non-hydrogen) atoms. The molecule has 0 radical (unpaired) electrons. The summed E-state index contributed by atoms with van der Waals surface area (Å²) in [7, 11) is 0. The van der Waals surface area contributed by atoms with Gasteiger partial charge in [-0.1, -0.05) is 11.6 Å². The molecule has 4 rings (SSSR count). The molecule has 1 aliphatic heterocycles. The molecule has 0 atom stereocenters. The molecular weight excluding hydrogens is 471 g/mol. The predicted molar refractivity (Wildman–Crippen MR) is 123 cm³/mol. The first-order valence-corrected chi connectivity index (χ1v) is 11.6. The molecule has 2 fully saturated rings. The van der Waals surface area contributed by atoms with Crippen LogP contribution in [0.5, 0.6) is 0 Å².